The molecule has 0 atom stereocenters. The summed E-state index contributed by atoms with van der Waals surface area (Å²) in [6.07, 6.45) is -0.430. The summed E-state index contributed by atoms with van der Waals surface area (Å²) in [6, 6.07) is 2.18. The molecule has 6 nitrogen and oxygen atoms in total. The van der Waals surface area contributed by atoms with Crippen molar-refractivity contribution in [3.8, 4) is 5.75 Å². The number of halogens is 2. The van der Waals surface area contributed by atoms with E-state index in [0.717, 1.165) is 12.1 Å². The number of carbonyl (C=O) groups excluding carboxylic acids is 1. The van der Waals surface area contributed by atoms with Gasteiger partial charge in [-0.2, -0.15) is 0 Å². The number of anilines is 1. The van der Waals surface area contributed by atoms with E-state index in [1.54, 1.807) is 25.7 Å². The smallest absolute Gasteiger partial charge is 0.410 e. The van der Waals surface area contributed by atoms with Crippen molar-refractivity contribution in [2.75, 3.05) is 44.3 Å². The van der Waals surface area contributed by atoms with Gasteiger partial charge in [-0.05, 0) is 20.8 Å². The normalized spacial score (nSPS) is 15.3. The Morgan fingerprint density at radius 3 is 2.20 bits per heavy atom. The van der Waals surface area contributed by atoms with Crippen LogP contribution in [0.4, 0.5) is 19.3 Å². The first-order chi connectivity index (χ1) is 11.7. The molecule has 0 spiro atoms. The molecule has 1 fully saturated rings. The van der Waals surface area contributed by atoms with Crippen LogP contribution >= 0.6 is 0 Å². The number of carbonyl (C=O) groups is 1. The summed E-state index contributed by atoms with van der Waals surface area (Å²) in [5.74, 6) is -1.45. The molecule has 0 aliphatic carbocycles. The van der Waals surface area contributed by atoms with Gasteiger partial charge in [0.05, 0.1) is 6.61 Å². The summed E-state index contributed by atoms with van der Waals surface area (Å²) in [6.45, 7) is 6.30. The second kappa shape index (κ2) is 7.86. The van der Waals surface area contributed by atoms with Crippen molar-refractivity contribution in [2.45, 2.75) is 26.4 Å². The zero-order chi connectivity index (χ0) is 18.6. The lowest BCUT2D eigenvalue weighted by molar-refractivity contribution is 0.0240. The monoisotopic (exact) mass is 358 g/mol. The molecule has 1 amide bonds. The number of benzene rings is 1. The van der Waals surface area contributed by atoms with E-state index >= 15 is 0 Å². The minimum atomic E-state index is -0.737. The molecule has 1 aliphatic rings. The van der Waals surface area contributed by atoms with E-state index in [0.29, 0.717) is 26.2 Å². The number of ether oxygens (including phenoxy) is 2. The lowest BCUT2D eigenvalue weighted by atomic mass is 10.2. The Hall–Kier alpha value is -2.09. The minimum Gasteiger partial charge on any atom is -0.491 e. The molecule has 0 radical (unpaired) electrons. The van der Waals surface area contributed by atoms with Crippen molar-refractivity contribution in [2.24, 2.45) is 0 Å². The number of hydrogen-bond donors (Lipinski definition) is 1. The van der Waals surface area contributed by atoms with Crippen LogP contribution in [0.3, 0.4) is 0 Å². The second-order valence-electron chi connectivity index (χ2n) is 6.76. The van der Waals surface area contributed by atoms with E-state index in [4.69, 9.17) is 14.6 Å². The van der Waals surface area contributed by atoms with Crippen molar-refractivity contribution in [3.05, 3.63) is 23.8 Å². The number of amides is 1. The molecule has 1 saturated heterocycles. The fraction of sp³-hybridized carbons (Fsp3) is 0.588. The molecular weight excluding hydrogens is 334 g/mol. The van der Waals surface area contributed by atoms with E-state index in [1.165, 1.54) is 4.90 Å². The van der Waals surface area contributed by atoms with E-state index in [2.05, 4.69) is 0 Å². The van der Waals surface area contributed by atoms with Crippen molar-refractivity contribution in [1.82, 2.24) is 4.90 Å². The first-order valence-corrected chi connectivity index (χ1v) is 8.17. The Morgan fingerprint density at radius 1 is 1.16 bits per heavy atom. The SMILES string of the molecule is CC(C)(C)OC(=O)N1CCN(c2c(F)cc(OCCO)cc2F)CC1. The third-order valence-electron chi connectivity index (χ3n) is 3.60. The van der Waals surface area contributed by atoms with E-state index in [-0.39, 0.29) is 24.7 Å². The van der Waals surface area contributed by atoms with Gasteiger partial charge < -0.3 is 24.4 Å². The molecule has 8 heteroatoms. The number of aliphatic hydroxyl groups is 1. The number of hydrogen-bond acceptors (Lipinski definition) is 5. The van der Waals surface area contributed by atoms with Crippen LogP contribution in [-0.4, -0.2) is 61.1 Å². The summed E-state index contributed by atoms with van der Waals surface area (Å²) < 4.78 is 38.9. The molecule has 0 saturated carbocycles. The molecule has 1 heterocycles. The maximum atomic E-state index is 14.3. The number of aliphatic hydroxyl groups excluding tert-OH is 1. The maximum Gasteiger partial charge on any atom is 0.410 e. The third kappa shape index (κ3) is 5.19. The van der Waals surface area contributed by atoms with Crippen LogP contribution in [0.25, 0.3) is 0 Å². The molecule has 1 aromatic carbocycles. The van der Waals surface area contributed by atoms with Gasteiger partial charge in [0.15, 0.2) is 11.6 Å². The largest absolute Gasteiger partial charge is 0.491 e. The van der Waals surface area contributed by atoms with Gasteiger partial charge in [0.1, 0.15) is 23.6 Å². The highest BCUT2D eigenvalue weighted by Crippen LogP contribution is 2.29. The zero-order valence-corrected chi connectivity index (χ0v) is 14.7. The average molecular weight is 358 g/mol. The first kappa shape index (κ1) is 19.2. The fourth-order valence-electron chi connectivity index (χ4n) is 2.53. The van der Waals surface area contributed by atoms with Crippen LogP contribution in [0.15, 0.2) is 12.1 Å². The van der Waals surface area contributed by atoms with Crippen molar-refractivity contribution < 1.29 is 28.2 Å². The van der Waals surface area contributed by atoms with Gasteiger partial charge in [0.2, 0.25) is 0 Å². The Balaban J connectivity index is 2.02. The predicted octanol–water partition coefficient (Wildman–Crippen LogP) is 2.39. The van der Waals surface area contributed by atoms with Crippen LogP contribution in [0, 0.1) is 11.6 Å². The molecular formula is C17H24F2N2O4. The van der Waals surface area contributed by atoms with Crippen LogP contribution < -0.4 is 9.64 Å². The van der Waals surface area contributed by atoms with E-state index < -0.39 is 23.3 Å². The molecule has 25 heavy (non-hydrogen) atoms. The van der Waals surface area contributed by atoms with Gasteiger partial charge in [0, 0.05) is 38.3 Å². The Kier molecular flexibility index (Phi) is 6.05. The van der Waals surface area contributed by atoms with E-state index in [1.807, 2.05) is 0 Å². The van der Waals surface area contributed by atoms with Crippen LogP contribution in [0.2, 0.25) is 0 Å². The number of piperazine rings is 1. The Morgan fingerprint density at radius 2 is 1.72 bits per heavy atom. The van der Waals surface area contributed by atoms with Gasteiger partial charge in [-0.15, -0.1) is 0 Å². The lowest BCUT2D eigenvalue weighted by Gasteiger charge is -2.37. The summed E-state index contributed by atoms with van der Waals surface area (Å²) in [5.41, 5.74) is -0.725. The standard InChI is InChI=1S/C17H24F2N2O4/c1-17(2,3)25-16(23)21-6-4-20(5-7-21)15-13(18)10-12(11-14(15)19)24-9-8-22/h10-11,22H,4-9H2,1-3H3. The minimum absolute atomic E-state index is 0.0280. The average Bonchev–Trinajstić information content (AvgIpc) is 2.51. The quantitative estimate of drug-likeness (QED) is 0.896. The lowest BCUT2D eigenvalue weighted by Crippen LogP contribution is -2.50. The van der Waals surface area contributed by atoms with Crippen LogP contribution in [0.5, 0.6) is 5.75 Å². The van der Waals surface area contributed by atoms with Crippen LogP contribution in [-0.2, 0) is 4.74 Å². The number of rotatable bonds is 4. The summed E-state index contributed by atoms with van der Waals surface area (Å²) in [5, 5.41) is 8.70. The molecule has 0 aromatic heterocycles. The maximum absolute atomic E-state index is 14.3. The van der Waals surface area contributed by atoms with Gasteiger partial charge in [-0.1, -0.05) is 0 Å². The zero-order valence-electron chi connectivity index (χ0n) is 14.7. The highest BCUT2D eigenvalue weighted by molar-refractivity contribution is 5.68. The molecule has 140 valence electrons. The topological polar surface area (TPSA) is 62.2 Å². The molecule has 2 rings (SSSR count). The highest BCUT2D eigenvalue weighted by atomic mass is 19.1. The summed E-state index contributed by atoms with van der Waals surface area (Å²) in [4.78, 5) is 15.1. The summed E-state index contributed by atoms with van der Waals surface area (Å²) in [7, 11) is 0. The third-order valence-corrected chi connectivity index (χ3v) is 3.60. The summed E-state index contributed by atoms with van der Waals surface area (Å²) >= 11 is 0. The molecule has 0 bridgehead atoms. The fourth-order valence-corrected chi connectivity index (χ4v) is 2.53. The Bertz CT molecular complexity index is 588. The highest BCUT2D eigenvalue weighted by Gasteiger charge is 2.28. The van der Waals surface area contributed by atoms with Gasteiger partial charge in [0.25, 0.3) is 0 Å². The molecule has 1 aromatic rings. The van der Waals surface area contributed by atoms with Crippen molar-refractivity contribution in [3.63, 3.8) is 0 Å². The first-order valence-electron chi connectivity index (χ1n) is 8.17. The van der Waals surface area contributed by atoms with E-state index in [9.17, 15) is 13.6 Å². The van der Waals surface area contributed by atoms with Crippen molar-refractivity contribution >= 4 is 11.8 Å². The Labute approximate surface area is 145 Å². The van der Waals surface area contributed by atoms with Gasteiger partial charge in [-0.3, -0.25) is 0 Å². The number of nitrogens with zero attached hydrogens (tertiary/aromatic N) is 2. The van der Waals surface area contributed by atoms with Crippen molar-refractivity contribution in [1.29, 1.82) is 0 Å². The molecule has 0 unspecified atom stereocenters. The van der Waals surface area contributed by atoms with Gasteiger partial charge in [-0.25, -0.2) is 13.6 Å². The predicted molar refractivity (Wildman–Crippen MR) is 89.0 cm³/mol. The van der Waals surface area contributed by atoms with Crippen LogP contribution in [0.1, 0.15) is 20.8 Å². The van der Waals surface area contributed by atoms with Gasteiger partial charge >= 0.3 is 6.09 Å². The molecule has 1 N–H and O–H groups in total. The second-order valence-corrected chi connectivity index (χ2v) is 6.76. The molecule has 1 aliphatic heterocycles.